The van der Waals surface area contributed by atoms with Gasteiger partial charge in [-0.1, -0.05) is 108 Å². The molecule has 1 saturated carbocycles. The van der Waals surface area contributed by atoms with E-state index in [4.69, 9.17) is 0 Å². The van der Waals surface area contributed by atoms with Gasteiger partial charge >= 0.3 is 0 Å². The van der Waals surface area contributed by atoms with Crippen LogP contribution >= 0.6 is 0 Å². The average molecular weight is 470 g/mol. The molecule has 3 nitrogen and oxygen atoms in total. The molecule has 1 rings (SSSR count). The van der Waals surface area contributed by atoms with Crippen molar-refractivity contribution in [3.05, 3.63) is 0 Å². The minimum Gasteiger partial charge on any atom is -0.316 e. The lowest BCUT2D eigenvalue weighted by Gasteiger charge is -2.20. The molecule has 202 valence electrons. The molecule has 0 radical (unpaired) electrons. The zero-order chi connectivity index (χ0) is 25.8. The summed E-state index contributed by atoms with van der Waals surface area (Å²) in [6.07, 6.45) is 13.6. The van der Waals surface area contributed by atoms with Crippen LogP contribution in [0, 0.1) is 16.2 Å². The van der Waals surface area contributed by atoms with Crippen LogP contribution in [0.1, 0.15) is 140 Å². The molecule has 0 aromatic heterocycles. The van der Waals surface area contributed by atoms with Gasteiger partial charge < -0.3 is 16.0 Å². The highest BCUT2D eigenvalue weighted by atomic mass is 14.9. The molecule has 33 heavy (non-hydrogen) atoms. The lowest BCUT2D eigenvalue weighted by Crippen LogP contribution is -2.29. The third-order valence-electron chi connectivity index (χ3n) is 5.64. The van der Waals surface area contributed by atoms with Gasteiger partial charge in [-0.2, -0.15) is 0 Å². The van der Waals surface area contributed by atoms with Crippen molar-refractivity contribution >= 4 is 0 Å². The van der Waals surface area contributed by atoms with E-state index in [2.05, 4.69) is 92.1 Å². The third-order valence-corrected chi connectivity index (χ3v) is 5.64. The maximum atomic E-state index is 3.64. The molecule has 3 heteroatoms. The second kappa shape index (κ2) is 20.1. The molecule has 0 saturated heterocycles. The molecule has 1 aliphatic rings. The van der Waals surface area contributed by atoms with Gasteiger partial charge in [0.15, 0.2) is 0 Å². The summed E-state index contributed by atoms with van der Waals surface area (Å²) in [5, 5.41) is 10.5. The van der Waals surface area contributed by atoms with Crippen LogP contribution in [0.5, 0.6) is 0 Å². The summed E-state index contributed by atoms with van der Waals surface area (Å²) in [6, 6.07) is 0.840. The van der Waals surface area contributed by atoms with Crippen LogP contribution in [-0.2, 0) is 0 Å². The van der Waals surface area contributed by atoms with Crippen molar-refractivity contribution in [3.8, 4) is 0 Å². The Morgan fingerprint density at radius 1 is 0.576 bits per heavy atom. The van der Waals surface area contributed by atoms with Gasteiger partial charge in [-0.25, -0.2) is 0 Å². The minimum absolute atomic E-state index is 0.437. The number of nitrogens with one attached hydrogen (secondary N) is 3. The van der Waals surface area contributed by atoms with Crippen molar-refractivity contribution in [1.82, 2.24) is 16.0 Å². The third kappa shape index (κ3) is 34.1. The predicted octanol–water partition coefficient (Wildman–Crippen LogP) is 8.19. The molecule has 0 amide bonds. The van der Waals surface area contributed by atoms with E-state index in [1.54, 1.807) is 0 Å². The van der Waals surface area contributed by atoms with Crippen molar-refractivity contribution in [2.24, 2.45) is 16.2 Å². The van der Waals surface area contributed by atoms with Gasteiger partial charge in [0, 0.05) is 6.04 Å². The molecule has 0 aliphatic heterocycles. The zero-order valence-electron chi connectivity index (χ0n) is 25.2. The van der Waals surface area contributed by atoms with Gasteiger partial charge in [-0.15, -0.1) is 0 Å². The molecule has 0 heterocycles. The van der Waals surface area contributed by atoms with Crippen LogP contribution in [-0.4, -0.2) is 38.8 Å². The SMILES string of the molecule is CC(C)(C)CCNC1CCCC1.CCCCCNCC(C)(C)C.CCCCNCC(C)(C)C. The highest BCUT2D eigenvalue weighted by molar-refractivity contribution is 4.74. The first-order chi connectivity index (χ1) is 15.2. The Balaban J connectivity index is 0. The van der Waals surface area contributed by atoms with Crippen LogP contribution in [0.25, 0.3) is 0 Å². The van der Waals surface area contributed by atoms with Crippen molar-refractivity contribution < 1.29 is 0 Å². The first-order valence-electron chi connectivity index (χ1n) is 14.3. The Labute approximate surface area is 211 Å². The summed E-state index contributed by atoms with van der Waals surface area (Å²) in [5.74, 6) is 0. The predicted molar refractivity (Wildman–Crippen MR) is 153 cm³/mol. The first kappa shape index (κ1) is 35.0. The lowest BCUT2D eigenvalue weighted by molar-refractivity contribution is 0.354. The Morgan fingerprint density at radius 2 is 1.03 bits per heavy atom. The fraction of sp³-hybridized carbons (Fsp3) is 1.00. The van der Waals surface area contributed by atoms with Crippen molar-refractivity contribution in [2.75, 3.05) is 32.7 Å². The van der Waals surface area contributed by atoms with Gasteiger partial charge in [-0.05, 0) is 81.1 Å². The fourth-order valence-electron chi connectivity index (χ4n) is 3.51. The van der Waals surface area contributed by atoms with E-state index in [0.29, 0.717) is 16.2 Å². The molecule has 0 atom stereocenters. The molecule has 3 N–H and O–H groups in total. The van der Waals surface area contributed by atoms with E-state index in [1.165, 1.54) is 83.8 Å². The molecule has 1 aliphatic carbocycles. The average Bonchev–Trinajstić information content (AvgIpc) is 3.17. The highest BCUT2D eigenvalue weighted by Crippen LogP contribution is 2.20. The maximum Gasteiger partial charge on any atom is 0.00670 e. The van der Waals surface area contributed by atoms with Gasteiger partial charge in [0.05, 0.1) is 0 Å². The van der Waals surface area contributed by atoms with Crippen molar-refractivity contribution in [1.29, 1.82) is 0 Å². The van der Waals surface area contributed by atoms with E-state index in [0.717, 1.165) is 19.1 Å². The molecule has 0 spiro atoms. The molecule has 1 fully saturated rings. The highest BCUT2D eigenvalue weighted by Gasteiger charge is 2.15. The smallest absolute Gasteiger partial charge is 0.00670 e. The second-order valence-electron chi connectivity index (χ2n) is 13.8. The number of hydrogen-bond donors (Lipinski definition) is 3. The fourth-order valence-corrected chi connectivity index (χ4v) is 3.51. The molecule has 0 aromatic carbocycles. The maximum absolute atomic E-state index is 3.64. The van der Waals surface area contributed by atoms with E-state index in [-0.39, 0.29) is 0 Å². The molecule has 0 aromatic rings. The minimum atomic E-state index is 0.437. The van der Waals surface area contributed by atoms with E-state index >= 15 is 0 Å². The van der Waals surface area contributed by atoms with Crippen molar-refractivity contribution in [3.63, 3.8) is 0 Å². The Hall–Kier alpha value is -0.120. The van der Waals surface area contributed by atoms with Gasteiger partial charge in [0.2, 0.25) is 0 Å². The molecular weight excluding hydrogens is 402 g/mol. The van der Waals surface area contributed by atoms with Gasteiger partial charge in [-0.3, -0.25) is 0 Å². The lowest BCUT2D eigenvalue weighted by atomic mass is 9.92. The van der Waals surface area contributed by atoms with Crippen LogP contribution in [0.3, 0.4) is 0 Å². The summed E-state index contributed by atoms with van der Waals surface area (Å²) in [4.78, 5) is 0. The van der Waals surface area contributed by atoms with Crippen LogP contribution in [0.4, 0.5) is 0 Å². The quantitative estimate of drug-likeness (QED) is 0.252. The van der Waals surface area contributed by atoms with Crippen LogP contribution < -0.4 is 16.0 Å². The van der Waals surface area contributed by atoms with Crippen molar-refractivity contribution in [2.45, 2.75) is 146 Å². The normalized spacial score (nSPS) is 15.0. The van der Waals surface area contributed by atoms with Gasteiger partial charge in [0.1, 0.15) is 0 Å². The Morgan fingerprint density at radius 3 is 1.42 bits per heavy atom. The number of unbranched alkanes of at least 4 members (excludes halogenated alkanes) is 3. The molecule has 0 bridgehead atoms. The topological polar surface area (TPSA) is 36.1 Å². The summed E-state index contributed by atoms with van der Waals surface area (Å²) >= 11 is 0. The zero-order valence-corrected chi connectivity index (χ0v) is 25.2. The van der Waals surface area contributed by atoms with Crippen LogP contribution in [0.15, 0.2) is 0 Å². The summed E-state index contributed by atoms with van der Waals surface area (Å²) in [7, 11) is 0. The summed E-state index contributed by atoms with van der Waals surface area (Å²) < 4.78 is 0. The van der Waals surface area contributed by atoms with E-state index in [1.807, 2.05) is 0 Å². The molecule has 0 unspecified atom stereocenters. The standard InChI is InChI=1S/C11H23N.C10H23N.C9H21N/c1-11(2,3)8-9-12-10-6-4-5-7-10;1-5-6-7-8-11-9-10(2,3)4;1-5-6-7-10-8-9(2,3)4/h10,12H,4-9H2,1-3H3;11H,5-9H2,1-4H3;10H,5-8H2,1-4H3. The monoisotopic (exact) mass is 470 g/mol. The molecular formula is C30H67N3. The van der Waals surface area contributed by atoms with Crippen LogP contribution in [0.2, 0.25) is 0 Å². The summed E-state index contributed by atoms with van der Waals surface area (Å²) in [6.45, 7) is 30.8. The first-order valence-corrected chi connectivity index (χ1v) is 14.3. The number of rotatable bonds is 12. The van der Waals surface area contributed by atoms with Gasteiger partial charge in [0.25, 0.3) is 0 Å². The second-order valence-corrected chi connectivity index (χ2v) is 13.8. The Bertz CT molecular complexity index is 392. The van der Waals surface area contributed by atoms with E-state index < -0.39 is 0 Å². The van der Waals surface area contributed by atoms with E-state index in [9.17, 15) is 0 Å². The summed E-state index contributed by atoms with van der Waals surface area (Å²) in [5.41, 5.74) is 1.37. The number of hydrogen-bond acceptors (Lipinski definition) is 3. The largest absolute Gasteiger partial charge is 0.316 e. The Kier molecular flexibility index (Phi) is 21.4.